The highest BCUT2D eigenvalue weighted by molar-refractivity contribution is 6.37. The lowest BCUT2D eigenvalue weighted by Crippen LogP contribution is -2.22. The fourth-order valence-corrected chi connectivity index (χ4v) is 3.35. The summed E-state index contributed by atoms with van der Waals surface area (Å²) in [7, 11) is 0. The van der Waals surface area contributed by atoms with E-state index in [1.807, 2.05) is 26.0 Å². The zero-order valence-electron chi connectivity index (χ0n) is 16.2. The Hall–Kier alpha value is -1.21. The third-order valence-corrected chi connectivity index (χ3v) is 5.47. The molecule has 8 heteroatoms. The van der Waals surface area contributed by atoms with Crippen molar-refractivity contribution in [2.24, 2.45) is 0 Å². The van der Waals surface area contributed by atoms with Crippen molar-refractivity contribution in [2.75, 3.05) is 25.7 Å². The highest BCUT2D eigenvalue weighted by atomic mass is 35.5. The number of aliphatic hydroxyl groups excluding tert-OH is 3. The predicted octanol–water partition coefficient (Wildman–Crippen LogP) is 4.03. The highest BCUT2D eigenvalue weighted by Crippen LogP contribution is 2.40. The number of alkyl halides is 1. The fraction of sp³-hybridized carbons (Fsp3) is 0.429. The molecule has 160 valence electrons. The number of hydrogen-bond acceptors (Lipinski definition) is 5. The summed E-state index contributed by atoms with van der Waals surface area (Å²) in [6.45, 7) is 3.75. The topological polar surface area (TPSA) is 79.2 Å². The molecular formula is C21H25Cl3O5. The molecule has 2 aromatic carbocycles. The van der Waals surface area contributed by atoms with E-state index in [1.54, 1.807) is 24.3 Å². The van der Waals surface area contributed by atoms with E-state index in [1.165, 1.54) is 0 Å². The molecule has 0 aliphatic carbocycles. The van der Waals surface area contributed by atoms with Crippen molar-refractivity contribution in [1.29, 1.82) is 0 Å². The zero-order chi connectivity index (χ0) is 21.6. The van der Waals surface area contributed by atoms with Crippen molar-refractivity contribution in [2.45, 2.75) is 31.5 Å². The van der Waals surface area contributed by atoms with E-state index in [0.717, 1.165) is 11.1 Å². The standard InChI is InChI=1S/C21H25Cl3O5/c1-21(2,13-3-5-17(6-4-13)28-12-16(27)10-25)14-7-18(23)20(19(24)8-14)29-11-15(26)9-22/h3-8,15-16,25-27H,9-12H2,1-2H3/t15-,16?/m1/s1. The summed E-state index contributed by atoms with van der Waals surface area (Å²) in [5.41, 5.74) is 1.48. The van der Waals surface area contributed by atoms with Gasteiger partial charge >= 0.3 is 0 Å². The number of rotatable bonds is 10. The Balaban J connectivity index is 2.19. The van der Waals surface area contributed by atoms with Crippen LogP contribution in [-0.2, 0) is 5.41 Å². The molecule has 1 unspecified atom stereocenters. The van der Waals surface area contributed by atoms with Crippen LogP contribution < -0.4 is 9.47 Å². The largest absolute Gasteiger partial charge is 0.491 e. The number of ether oxygens (including phenoxy) is 2. The van der Waals surface area contributed by atoms with Gasteiger partial charge < -0.3 is 24.8 Å². The highest BCUT2D eigenvalue weighted by Gasteiger charge is 2.26. The Bertz CT molecular complexity index is 772. The Labute approximate surface area is 185 Å². The minimum atomic E-state index is -0.915. The summed E-state index contributed by atoms with van der Waals surface area (Å²) in [4.78, 5) is 0. The number of benzene rings is 2. The number of aliphatic hydroxyl groups is 3. The van der Waals surface area contributed by atoms with Crippen LogP contribution in [-0.4, -0.2) is 53.2 Å². The van der Waals surface area contributed by atoms with Crippen LogP contribution >= 0.6 is 34.8 Å². The molecule has 0 aliphatic heterocycles. The summed E-state index contributed by atoms with van der Waals surface area (Å²) >= 11 is 18.3. The SMILES string of the molecule is CC(C)(c1ccc(OCC(O)CO)cc1)c1cc(Cl)c(OC[C@H](O)CCl)c(Cl)c1. The summed E-state index contributed by atoms with van der Waals surface area (Å²) in [5.74, 6) is 0.955. The Kier molecular flexibility index (Phi) is 8.89. The molecule has 3 N–H and O–H groups in total. The maximum Gasteiger partial charge on any atom is 0.156 e. The second kappa shape index (κ2) is 10.7. The Morgan fingerprint density at radius 3 is 1.97 bits per heavy atom. The quantitative estimate of drug-likeness (QED) is 0.464. The lowest BCUT2D eigenvalue weighted by Gasteiger charge is -2.27. The lowest BCUT2D eigenvalue weighted by molar-refractivity contribution is 0.0536. The van der Waals surface area contributed by atoms with E-state index in [2.05, 4.69) is 0 Å². The third kappa shape index (κ3) is 6.38. The van der Waals surface area contributed by atoms with E-state index in [9.17, 15) is 10.2 Å². The van der Waals surface area contributed by atoms with Gasteiger partial charge in [0.25, 0.3) is 0 Å². The molecule has 0 bridgehead atoms. The first kappa shape index (κ1) is 24.1. The predicted molar refractivity (Wildman–Crippen MR) is 116 cm³/mol. The van der Waals surface area contributed by atoms with Gasteiger partial charge in [0.15, 0.2) is 5.75 Å². The van der Waals surface area contributed by atoms with Gasteiger partial charge in [-0.15, -0.1) is 11.6 Å². The Morgan fingerprint density at radius 1 is 0.897 bits per heavy atom. The molecule has 0 radical (unpaired) electrons. The number of hydrogen-bond donors (Lipinski definition) is 3. The van der Waals surface area contributed by atoms with Crippen molar-refractivity contribution < 1.29 is 24.8 Å². The Morgan fingerprint density at radius 2 is 1.45 bits per heavy atom. The van der Waals surface area contributed by atoms with Crippen molar-refractivity contribution in [3.63, 3.8) is 0 Å². The molecule has 2 rings (SSSR count). The molecule has 0 fully saturated rings. The second-order valence-electron chi connectivity index (χ2n) is 7.18. The molecule has 0 heterocycles. The van der Waals surface area contributed by atoms with Gasteiger partial charge in [0.2, 0.25) is 0 Å². The minimum absolute atomic E-state index is 0.00187. The van der Waals surface area contributed by atoms with Gasteiger partial charge in [-0.1, -0.05) is 49.2 Å². The normalized spacial score (nSPS) is 13.8. The average molecular weight is 464 g/mol. The van der Waals surface area contributed by atoms with Gasteiger partial charge in [-0.3, -0.25) is 0 Å². The molecule has 0 spiro atoms. The molecule has 0 aromatic heterocycles. The van der Waals surface area contributed by atoms with Crippen LogP contribution in [0.15, 0.2) is 36.4 Å². The first-order chi connectivity index (χ1) is 13.7. The molecular weight excluding hydrogens is 439 g/mol. The van der Waals surface area contributed by atoms with Crippen LogP contribution in [0.25, 0.3) is 0 Å². The van der Waals surface area contributed by atoms with Gasteiger partial charge in [0.05, 0.1) is 22.5 Å². The molecule has 0 amide bonds. The molecule has 0 aliphatic rings. The smallest absolute Gasteiger partial charge is 0.156 e. The second-order valence-corrected chi connectivity index (χ2v) is 8.31. The van der Waals surface area contributed by atoms with Gasteiger partial charge in [-0.25, -0.2) is 0 Å². The van der Waals surface area contributed by atoms with Crippen molar-refractivity contribution in [1.82, 2.24) is 0 Å². The van der Waals surface area contributed by atoms with Gasteiger partial charge in [0.1, 0.15) is 31.2 Å². The lowest BCUT2D eigenvalue weighted by atomic mass is 9.78. The van der Waals surface area contributed by atoms with Crippen LogP contribution in [0.4, 0.5) is 0 Å². The van der Waals surface area contributed by atoms with Crippen LogP contribution in [0.3, 0.4) is 0 Å². The van der Waals surface area contributed by atoms with Gasteiger partial charge in [-0.05, 0) is 35.4 Å². The minimum Gasteiger partial charge on any atom is -0.491 e. The average Bonchev–Trinajstić information content (AvgIpc) is 2.71. The van der Waals surface area contributed by atoms with Gasteiger partial charge in [0, 0.05) is 5.41 Å². The van der Waals surface area contributed by atoms with E-state index >= 15 is 0 Å². The van der Waals surface area contributed by atoms with Gasteiger partial charge in [-0.2, -0.15) is 0 Å². The molecule has 5 nitrogen and oxygen atoms in total. The first-order valence-corrected chi connectivity index (χ1v) is 10.4. The van der Waals surface area contributed by atoms with E-state index in [0.29, 0.717) is 21.5 Å². The van der Waals surface area contributed by atoms with Crippen LogP contribution in [0.1, 0.15) is 25.0 Å². The first-order valence-electron chi connectivity index (χ1n) is 9.07. The van der Waals surface area contributed by atoms with Crippen LogP contribution in [0.2, 0.25) is 10.0 Å². The van der Waals surface area contributed by atoms with Crippen LogP contribution in [0.5, 0.6) is 11.5 Å². The zero-order valence-corrected chi connectivity index (χ0v) is 18.5. The summed E-state index contributed by atoms with van der Waals surface area (Å²) in [6, 6.07) is 11.0. The molecule has 0 saturated heterocycles. The molecule has 29 heavy (non-hydrogen) atoms. The summed E-state index contributed by atoms with van der Waals surface area (Å²) in [6.07, 6.45) is -1.72. The fourth-order valence-electron chi connectivity index (χ4n) is 2.66. The monoisotopic (exact) mass is 462 g/mol. The molecule has 2 aromatic rings. The van der Waals surface area contributed by atoms with E-state index in [4.69, 9.17) is 49.4 Å². The summed E-state index contributed by atoms with van der Waals surface area (Å²) < 4.78 is 11.0. The molecule has 0 saturated carbocycles. The van der Waals surface area contributed by atoms with Crippen molar-refractivity contribution >= 4 is 34.8 Å². The summed E-state index contributed by atoms with van der Waals surface area (Å²) in [5, 5.41) is 28.5. The van der Waals surface area contributed by atoms with E-state index < -0.39 is 17.6 Å². The van der Waals surface area contributed by atoms with E-state index in [-0.39, 0.29) is 25.7 Å². The third-order valence-electron chi connectivity index (χ3n) is 4.55. The van der Waals surface area contributed by atoms with Crippen LogP contribution in [0, 0.1) is 0 Å². The number of halogens is 3. The van der Waals surface area contributed by atoms with Crippen molar-refractivity contribution in [3.05, 3.63) is 57.6 Å². The maximum absolute atomic E-state index is 9.56. The molecule has 2 atom stereocenters. The maximum atomic E-state index is 9.56. The van der Waals surface area contributed by atoms with Crippen molar-refractivity contribution in [3.8, 4) is 11.5 Å².